The van der Waals surface area contributed by atoms with Crippen molar-refractivity contribution in [3.63, 3.8) is 0 Å². The number of rotatable bonds is 13. The van der Waals surface area contributed by atoms with Gasteiger partial charge in [-0.15, -0.1) is 0 Å². The molecular formula is C31H61N4O2+. The lowest BCUT2D eigenvalue weighted by Crippen LogP contribution is -2.39. The first-order valence-electron chi connectivity index (χ1n) is 15.7. The fraction of sp³-hybridized carbons (Fsp3) is 0.968. The molecule has 0 bridgehead atoms. The number of hydrogen-bond acceptors (Lipinski definition) is 4. The minimum absolute atomic E-state index is 0.127. The second-order valence-corrected chi connectivity index (χ2v) is 12.7. The maximum Gasteiger partial charge on any atom is 0.225 e. The van der Waals surface area contributed by atoms with Gasteiger partial charge in [0.05, 0.1) is 5.60 Å². The second kappa shape index (κ2) is 20.7. The molecule has 1 fully saturated rings. The van der Waals surface area contributed by atoms with E-state index in [1.54, 1.807) is 0 Å². The molecule has 0 aromatic heterocycles. The fourth-order valence-electron chi connectivity index (χ4n) is 5.38. The zero-order valence-electron chi connectivity index (χ0n) is 25.1. The van der Waals surface area contributed by atoms with Crippen LogP contribution < -0.4 is 10.2 Å². The van der Waals surface area contributed by atoms with Crippen molar-refractivity contribution in [1.82, 2.24) is 10.2 Å². The van der Waals surface area contributed by atoms with Crippen LogP contribution in [0.5, 0.6) is 0 Å². The van der Waals surface area contributed by atoms with Crippen molar-refractivity contribution < 1.29 is 9.53 Å². The molecule has 1 amide bonds. The van der Waals surface area contributed by atoms with Crippen molar-refractivity contribution >= 4 is 5.91 Å². The predicted octanol–water partition coefficient (Wildman–Crippen LogP) is 8.91. The average Bonchev–Trinajstić information content (AvgIpc) is 2.84. The molecule has 0 aliphatic heterocycles. The first-order valence-corrected chi connectivity index (χ1v) is 15.7. The largest absolute Gasteiger partial charge is 0.375 e. The number of nitrogens with zero attached hydrogens (tertiary/aromatic N) is 2. The fourth-order valence-corrected chi connectivity index (χ4v) is 5.38. The Bertz CT molecular complexity index is 613. The van der Waals surface area contributed by atoms with E-state index in [4.69, 9.17) is 10.3 Å². The average molecular weight is 522 g/mol. The summed E-state index contributed by atoms with van der Waals surface area (Å²) < 4.78 is 6.00. The molecule has 0 unspecified atom stereocenters. The van der Waals surface area contributed by atoms with Crippen LogP contribution in [0, 0.1) is 16.9 Å². The third kappa shape index (κ3) is 18.6. The van der Waals surface area contributed by atoms with Crippen molar-refractivity contribution in [3.8, 4) is 0 Å². The van der Waals surface area contributed by atoms with Crippen LogP contribution in [0.15, 0.2) is 5.11 Å². The summed E-state index contributed by atoms with van der Waals surface area (Å²) in [6.45, 7) is 9.85. The second-order valence-electron chi connectivity index (χ2n) is 12.7. The highest BCUT2D eigenvalue weighted by Gasteiger charge is 2.28. The van der Waals surface area contributed by atoms with Gasteiger partial charge >= 0.3 is 0 Å². The SMILES string of the molecule is CC(C)(CCN=[N+]=N)OCCC(C)(C)C(=O)NCCCCC1CCCCCCCCCCCCCCC1. The lowest BCUT2D eigenvalue weighted by atomic mass is 9.88. The Labute approximate surface area is 229 Å². The molecule has 37 heavy (non-hydrogen) atoms. The third-order valence-corrected chi connectivity index (χ3v) is 8.27. The van der Waals surface area contributed by atoms with E-state index >= 15 is 0 Å². The van der Waals surface area contributed by atoms with E-state index in [2.05, 4.69) is 15.3 Å². The molecule has 6 nitrogen and oxygen atoms in total. The van der Waals surface area contributed by atoms with Crippen LogP contribution >= 0.6 is 0 Å². The highest BCUT2D eigenvalue weighted by Crippen LogP contribution is 2.26. The molecule has 1 rings (SSSR count). The molecule has 0 aromatic carbocycles. The van der Waals surface area contributed by atoms with Gasteiger partial charge in [-0.25, -0.2) is 0 Å². The summed E-state index contributed by atoms with van der Waals surface area (Å²) in [6, 6.07) is 0. The molecule has 216 valence electrons. The first-order chi connectivity index (χ1) is 17.8. The number of hydrogen-bond donors (Lipinski definition) is 2. The maximum atomic E-state index is 12.8. The molecule has 0 radical (unpaired) electrons. The summed E-state index contributed by atoms with van der Waals surface area (Å²) >= 11 is 0. The Morgan fingerprint density at radius 1 is 0.838 bits per heavy atom. The van der Waals surface area contributed by atoms with Gasteiger partial charge < -0.3 is 10.1 Å². The summed E-state index contributed by atoms with van der Waals surface area (Å²) in [5.41, 5.74) is 5.98. The van der Waals surface area contributed by atoms with Gasteiger partial charge in [-0.1, -0.05) is 123 Å². The summed E-state index contributed by atoms with van der Waals surface area (Å²) in [5.74, 6) is 1.00. The van der Waals surface area contributed by atoms with Gasteiger partial charge in [-0.05, 0) is 32.6 Å². The molecule has 1 aliphatic rings. The predicted molar refractivity (Wildman–Crippen MR) is 155 cm³/mol. The molecule has 0 saturated heterocycles. The van der Waals surface area contributed by atoms with Crippen molar-refractivity contribution in [2.45, 2.75) is 162 Å². The Morgan fingerprint density at radius 2 is 1.35 bits per heavy atom. The van der Waals surface area contributed by atoms with Crippen LogP contribution in [-0.4, -0.2) is 31.2 Å². The number of carbonyl (C=O) groups excluding carboxylic acids is 1. The third-order valence-electron chi connectivity index (χ3n) is 8.27. The Hall–Kier alpha value is -1.26. The lowest BCUT2D eigenvalue weighted by Gasteiger charge is -2.28. The Kier molecular flexibility index (Phi) is 18.9. The lowest BCUT2D eigenvalue weighted by molar-refractivity contribution is -0.131. The van der Waals surface area contributed by atoms with E-state index in [1.165, 1.54) is 109 Å². The standard InChI is InChI=1S/C31H60N4O2/c1-30(2,24-27-37-31(3,4)23-26-34-35-32)29(36)33-25-19-18-22-28-20-16-14-12-10-8-6-5-7-9-11-13-15-17-21-28/h28,32H,5-27H2,1-4H3/p+1. The van der Waals surface area contributed by atoms with E-state index in [9.17, 15) is 4.79 Å². The van der Waals surface area contributed by atoms with Crippen LogP contribution in [0.3, 0.4) is 0 Å². The van der Waals surface area contributed by atoms with Gasteiger partial charge in [-0.2, -0.15) is 0 Å². The van der Waals surface area contributed by atoms with E-state index < -0.39 is 5.41 Å². The molecule has 1 aliphatic carbocycles. The molecular weight excluding hydrogens is 460 g/mol. The number of amides is 1. The molecule has 0 atom stereocenters. The summed E-state index contributed by atoms with van der Waals surface area (Å²) in [7, 11) is 0. The topological polar surface area (TPSA) is 88.6 Å². The number of carbonyl (C=O) groups is 1. The summed E-state index contributed by atoms with van der Waals surface area (Å²) in [4.78, 5) is 15.8. The monoisotopic (exact) mass is 521 g/mol. The minimum Gasteiger partial charge on any atom is -0.375 e. The van der Waals surface area contributed by atoms with Gasteiger partial charge in [-0.3, -0.25) is 4.79 Å². The van der Waals surface area contributed by atoms with Crippen LogP contribution in [0.2, 0.25) is 0 Å². The van der Waals surface area contributed by atoms with Gasteiger partial charge in [0.15, 0.2) is 0 Å². The van der Waals surface area contributed by atoms with Gasteiger partial charge in [0, 0.05) is 25.0 Å². The highest BCUT2D eigenvalue weighted by atomic mass is 16.5. The molecule has 6 heteroatoms. The number of ether oxygens (including phenoxy) is 1. The van der Waals surface area contributed by atoms with Crippen molar-refractivity contribution in [3.05, 3.63) is 0 Å². The maximum absolute atomic E-state index is 12.8. The minimum atomic E-state index is -0.444. The highest BCUT2D eigenvalue weighted by molar-refractivity contribution is 5.81. The van der Waals surface area contributed by atoms with E-state index in [-0.39, 0.29) is 11.5 Å². The van der Waals surface area contributed by atoms with Gasteiger partial charge in [0.2, 0.25) is 10.8 Å². The van der Waals surface area contributed by atoms with Gasteiger partial charge in [0.1, 0.15) is 17.2 Å². The van der Waals surface area contributed by atoms with Crippen LogP contribution in [0.25, 0.3) is 0 Å². The van der Waals surface area contributed by atoms with Crippen molar-refractivity contribution in [2.75, 3.05) is 19.7 Å². The van der Waals surface area contributed by atoms with Crippen LogP contribution in [0.4, 0.5) is 0 Å². The van der Waals surface area contributed by atoms with Crippen molar-refractivity contribution in [1.29, 1.82) is 5.53 Å². The molecule has 0 aromatic rings. The summed E-state index contributed by atoms with van der Waals surface area (Å²) in [6.07, 6.45) is 26.4. The molecule has 2 N–H and O–H groups in total. The number of nitrogens with one attached hydrogen (secondary N) is 2. The molecule has 1 saturated carbocycles. The molecule has 0 heterocycles. The van der Waals surface area contributed by atoms with E-state index in [0.29, 0.717) is 26.0 Å². The van der Waals surface area contributed by atoms with Gasteiger partial charge in [0.25, 0.3) is 0 Å². The normalized spacial score (nSPS) is 18.2. The van der Waals surface area contributed by atoms with Crippen molar-refractivity contribution in [2.24, 2.45) is 16.4 Å². The Morgan fingerprint density at radius 3 is 1.86 bits per heavy atom. The van der Waals surface area contributed by atoms with E-state index in [0.717, 1.165) is 18.9 Å². The zero-order valence-corrected chi connectivity index (χ0v) is 25.1. The quantitative estimate of drug-likeness (QED) is 0.144. The first kappa shape index (κ1) is 33.8. The zero-order chi connectivity index (χ0) is 27.2. The van der Waals surface area contributed by atoms with Crippen LogP contribution in [-0.2, 0) is 9.53 Å². The van der Waals surface area contributed by atoms with E-state index in [1.807, 2.05) is 27.7 Å². The summed E-state index contributed by atoms with van der Waals surface area (Å²) in [5, 5.41) is 6.89. The van der Waals surface area contributed by atoms with Crippen LogP contribution in [0.1, 0.15) is 156 Å². The number of unbranched alkanes of at least 4 members (excludes halogenated alkanes) is 1. The smallest absolute Gasteiger partial charge is 0.225 e. The molecule has 0 spiro atoms. The Balaban J connectivity index is 2.27.